The Labute approximate surface area is 798 Å². The Morgan fingerprint density at radius 1 is 0.341 bits per heavy atom. The van der Waals surface area contributed by atoms with Gasteiger partial charge in [0.15, 0.2) is 27.2 Å². The minimum atomic E-state index is -4.80. The molecule has 0 aliphatic carbocycles. The Balaban J connectivity index is -0.000000296. The van der Waals surface area contributed by atoms with E-state index in [1.54, 1.807) is 24.3 Å². The molecule has 0 amide bonds. The molecule has 0 fully saturated rings. The molecule has 0 saturated carbocycles. The van der Waals surface area contributed by atoms with Gasteiger partial charge in [0, 0.05) is 19.8 Å². The van der Waals surface area contributed by atoms with Gasteiger partial charge >= 0.3 is 60.8 Å². The van der Waals surface area contributed by atoms with Crippen LogP contribution in [0.5, 0.6) is 23.0 Å². The molecule has 0 bridgehead atoms. The number of ether oxygens (including phenoxy) is 12. The first-order chi connectivity index (χ1) is 59.4. The van der Waals surface area contributed by atoms with Crippen molar-refractivity contribution in [1.29, 1.82) is 0 Å². The van der Waals surface area contributed by atoms with Gasteiger partial charge in [-0.05, 0) is 135 Å². The molecule has 8 N–H and O–H groups in total. The monoisotopic (exact) mass is 1930 g/mol. The summed E-state index contributed by atoms with van der Waals surface area (Å²) in [6.07, 6.45) is 33.6. The smallest absolute Gasteiger partial charge is 0.725 e. The van der Waals surface area contributed by atoms with Crippen LogP contribution in [0.1, 0.15) is 222 Å². The summed E-state index contributed by atoms with van der Waals surface area (Å²) in [5, 5.41) is 24.8. The summed E-state index contributed by atoms with van der Waals surface area (Å²) in [7, 11) is -17.6. The minimum Gasteiger partial charge on any atom is -0.725 e. The van der Waals surface area contributed by atoms with Crippen LogP contribution < -0.4 is 65.8 Å². The molecule has 34 nitrogen and oxygen atoms in total. The maximum absolute atomic E-state index is 11.5. The van der Waals surface area contributed by atoms with E-state index in [4.69, 9.17) is 72.2 Å². The first kappa shape index (κ1) is 137. The van der Waals surface area contributed by atoms with Crippen LogP contribution in [0, 0.1) is 0 Å². The first-order valence-corrected chi connectivity index (χ1v) is 47.1. The van der Waals surface area contributed by atoms with Crippen LogP contribution >= 0.6 is 0 Å². The molecule has 748 valence electrons. The van der Waals surface area contributed by atoms with Gasteiger partial charge in [-0.15, -0.1) is 26.3 Å². The topological polar surface area (TPSA) is 460 Å². The molecule has 0 radical (unpaired) electrons. The van der Waals surface area contributed by atoms with Crippen molar-refractivity contribution in [2.45, 2.75) is 250 Å². The van der Waals surface area contributed by atoms with Gasteiger partial charge in [0.25, 0.3) is 0 Å². The van der Waals surface area contributed by atoms with Gasteiger partial charge in [-0.3, -0.25) is 4.18 Å². The predicted octanol–water partition coefficient (Wildman–Crippen LogP) is 12.6. The number of aliphatic hydroxyl groups is 3. The van der Waals surface area contributed by atoms with Gasteiger partial charge in [-0.2, -0.15) is 55.4 Å². The fourth-order valence-electron chi connectivity index (χ4n) is 10.2. The molecule has 4 aromatic rings. The van der Waals surface area contributed by atoms with E-state index in [1.165, 1.54) is 131 Å². The summed E-state index contributed by atoms with van der Waals surface area (Å²) in [6.45, 7) is 23.2. The molecular formula is C90H162N3NaO31S4. The summed E-state index contributed by atoms with van der Waals surface area (Å²) in [6, 6.07) is 31.5. The number of unbranched alkanes of at least 4 members (excludes halogenated alkanes) is 16. The second-order valence-corrected chi connectivity index (χ2v) is 32.0. The first-order valence-electron chi connectivity index (χ1n) is 41.7. The zero-order valence-corrected chi connectivity index (χ0v) is 78.8. The quantitative estimate of drug-likeness (QED) is 0.00455. The second-order valence-electron chi connectivity index (χ2n) is 27.2. The van der Waals surface area contributed by atoms with E-state index in [9.17, 15) is 38.2 Å². The summed E-state index contributed by atoms with van der Waals surface area (Å²) >= 11 is 0. The fourth-order valence-corrected chi connectivity index (χ4v) is 11.3. The largest absolute Gasteiger partial charge is 1.00 e. The zero-order chi connectivity index (χ0) is 91.0. The Hall–Kier alpha value is -5.04. The molecule has 129 heavy (non-hydrogen) atoms. The van der Waals surface area contributed by atoms with Gasteiger partial charge in [0.05, 0.1) is 59.5 Å². The fraction of sp³-hybridized carbons (Fsp3) is 0.644. The number of nitrogens with two attached hydrogens (primary N) is 2. The van der Waals surface area contributed by atoms with Crippen molar-refractivity contribution in [2.75, 3.05) is 133 Å². The molecule has 0 aliphatic heterocycles. The van der Waals surface area contributed by atoms with E-state index in [-0.39, 0.29) is 146 Å². The SMILES string of the molecule is C.C.C.C.C.C=CCOCC(COc1ccc(CCCC)cc1)OCOS(=O)(=O)ONCCO.C=CCOCC(COc1ccc(CCCCCC)cc1)OCOS(=O)(=O)[O-].C=CCOCC(COc1ccc(CCCCCCCC)cc1)OCOS(=O)(=O)ON.C=CCOCC(COc1ccc(CCCCCCCCC)cc1)OCOS(=O)(=O)ON.OCCCCO.[Na+]. The summed E-state index contributed by atoms with van der Waals surface area (Å²) in [4.78, 5) is 0. The third-order valence-electron chi connectivity index (χ3n) is 16.8. The molecule has 0 aliphatic rings. The standard InChI is InChI=1S/C22H37NO7S.C21H35NO7S.C19H31NO8S.C19H30O7S.C4H10O2.5CH4.Na/c1-3-5-6-7-8-9-10-11-20-12-14-21(15-13-20)27-18-22(17-26-16-4-2)28-19-29-31(24,25)30-23;1-3-5-6-7-8-9-10-19-11-13-20(14-12-19)26-17-21(16-25-15-4-2)27-18-28-30(23,24)29-22;1-3-5-6-17-7-9-18(10-8-17)25-15-19(14-24-13-4-2)26-16-27-29(22,23)28-20-11-12-21;1-3-5-6-7-8-17-9-11-18(12-10-17)24-15-19(14-23-13-4-2)25-16-26-27(20,21)22;5-3-1-2-4-6;;;;;;/h4,12-15,22H,2-3,5-11,16-19,23H2,1H3;4,11-14,21H,2-3,5-10,15-18,22H2,1H3;4,7-10,19-21H,2-3,5-6,11-16H2,1H3;4,9-12,19H,2-3,5-8,13-16H2,1H3,(H,20,21,22);5-6H,1-4H2;5*1H4;/q;;;;;;;;;;+1/p-1. The van der Waals surface area contributed by atoms with Gasteiger partial charge in [-0.25, -0.2) is 21.0 Å². The third kappa shape index (κ3) is 85.6. The number of benzene rings is 4. The van der Waals surface area contributed by atoms with Crippen molar-refractivity contribution in [3.63, 3.8) is 0 Å². The van der Waals surface area contributed by atoms with E-state index in [0.29, 0.717) is 49.4 Å². The van der Waals surface area contributed by atoms with E-state index < -0.39 is 93.2 Å². The zero-order valence-electron chi connectivity index (χ0n) is 73.6. The van der Waals surface area contributed by atoms with Crippen LogP contribution in [0.3, 0.4) is 0 Å². The number of hydrogen-bond donors (Lipinski definition) is 6. The molecule has 4 unspecified atom stereocenters. The van der Waals surface area contributed by atoms with Crippen LogP contribution in [0.4, 0.5) is 0 Å². The normalized spacial score (nSPS) is 11.9. The van der Waals surface area contributed by atoms with Crippen molar-refractivity contribution >= 4 is 41.6 Å². The summed E-state index contributed by atoms with van der Waals surface area (Å²) in [5.74, 6) is 11.9. The number of aryl methyl sites for hydroxylation is 4. The van der Waals surface area contributed by atoms with Crippen molar-refractivity contribution < 1.29 is 170 Å². The van der Waals surface area contributed by atoms with Crippen molar-refractivity contribution in [2.24, 2.45) is 11.8 Å². The molecule has 39 heteroatoms. The maximum atomic E-state index is 11.5. The van der Waals surface area contributed by atoms with Gasteiger partial charge in [-0.1, -0.05) is 234 Å². The average molecular weight is 1930 g/mol. The Morgan fingerprint density at radius 2 is 0.581 bits per heavy atom. The molecule has 4 aromatic carbocycles. The van der Waals surface area contributed by atoms with Gasteiger partial charge < -0.3 is 76.7 Å². The van der Waals surface area contributed by atoms with E-state index >= 15 is 0 Å². The summed E-state index contributed by atoms with van der Waals surface area (Å²) in [5.41, 5.74) is 7.10. The van der Waals surface area contributed by atoms with Crippen molar-refractivity contribution in [1.82, 2.24) is 5.48 Å². The number of nitrogens with one attached hydrogen (secondary N) is 1. The van der Waals surface area contributed by atoms with Crippen molar-refractivity contribution in [3.8, 4) is 23.0 Å². The van der Waals surface area contributed by atoms with E-state index in [1.807, 2.05) is 78.3 Å². The van der Waals surface area contributed by atoms with Crippen LogP contribution in [-0.4, -0.2) is 211 Å². The molecule has 4 rings (SSSR count). The van der Waals surface area contributed by atoms with E-state index in [2.05, 4.69) is 120 Å². The van der Waals surface area contributed by atoms with Gasteiger partial charge in [0.1, 0.15) is 73.8 Å². The Kier molecular flexibility index (Phi) is 99.2. The number of hydrogen-bond acceptors (Lipinski definition) is 34. The average Bonchev–Trinajstić information content (AvgIpc) is 0.909. The Bertz CT molecular complexity index is 3620. The van der Waals surface area contributed by atoms with Crippen LogP contribution in [0.15, 0.2) is 148 Å². The maximum Gasteiger partial charge on any atom is 1.00 e. The third-order valence-corrected chi connectivity index (χ3v) is 19.1. The van der Waals surface area contributed by atoms with E-state index in [0.717, 1.165) is 51.4 Å². The Morgan fingerprint density at radius 3 is 0.822 bits per heavy atom. The van der Waals surface area contributed by atoms with Crippen LogP contribution in [0.25, 0.3) is 0 Å². The molecule has 0 aromatic heterocycles. The molecule has 0 spiro atoms. The number of hydroxylamine groups is 1. The molecular weight excluding hydrogens is 1770 g/mol. The predicted molar refractivity (Wildman–Crippen MR) is 501 cm³/mol. The van der Waals surface area contributed by atoms with Crippen LogP contribution in [-0.2, 0) is 135 Å². The summed E-state index contributed by atoms with van der Waals surface area (Å²) < 4.78 is 193. The number of rotatable bonds is 76. The molecule has 0 saturated heterocycles. The molecule has 0 heterocycles. The minimum absolute atomic E-state index is 0. The molecule has 4 atom stereocenters. The van der Waals surface area contributed by atoms with Gasteiger partial charge in [0.2, 0.25) is 10.4 Å². The van der Waals surface area contributed by atoms with Crippen molar-refractivity contribution in [3.05, 3.63) is 170 Å². The second kappa shape index (κ2) is 93.4. The number of aliphatic hydroxyl groups excluding tert-OH is 3. The van der Waals surface area contributed by atoms with Crippen LogP contribution in [0.2, 0.25) is 0 Å².